The van der Waals surface area contributed by atoms with E-state index in [0.717, 1.165) is 0 Å². The highest BCUT2D eigenvalue weighted by Gasteiger charge is 2.17. The van der Waals surface area contributed by atoms with Crippen LogP contribution in [0, 0.1) is 0 Å². The maximum absolute atomic E-state index is 11.9. The highest BCUT2D eigenvalue weighted by molar-refractivity contribution is 5.98. The second-order valence-electron chi connectivity index (χ2n) is 3.95. The van der Waals surface area contributed by atoms with Crippen molar-refractivity contribution >= 4 is 11.8 Å². The monoisotopic (exact) mass is 274 g/mol. The molecule has 102 valence electrons. The highest BCUT2D eigenvalue weighted by atomic mass is 16.7. The lowest BCUT2D eigenvalue weighted by Crippen LogP contribution is -2.41. The van der Waals surface area contributed by atoms with Gasteiger partial charge >= 0.3 is 5.91 Å². The van der Waals surface area contributed by atoms with Gasteiger partial charge in [-0.05, 0) is 30.3 Å². The molecule has 2 aromatic rings. The van der Waals surface area contributed by atoms with Gasteiger partial charge in [0.25, 0.3) is 5.91 Å². The smallest absolute Gasteiger partial charge is 0.305 e. The van der Waals surface area contributed by atoms with Crippen molar-refractivity contribution < 1.29 is 23.5 Å². The fourth-order valence-corrected chi connectivity index (χ4v) is 1.69. The quantitative estimate of drug-likeness (QED) is 0.800. The summed E-state index contributed by atoms with van der Waals surface area (Å²) in [7, 11) is 0. The molecule has 0 radical (unpaired) electrons. The molecule has 0 aliphatic carbocycles. The van der Waals surface area contributed by atoms with Crippen molar-refractivity contribution in [3.8, 4) is 11.5 Å². The maximum atomic E-state index is 11.9. The molecule has 0 saturated carbocycles. The Morgan fingerprint density at radius 1 is 1.00 bits per heavy atom. The van der Waals surface area contributed by atoms with Gasteiger partial charge in [0.2, 0.25) is 6.79 Å². The van der Waals surface area contributed by atoms with E-state index in [0.29, 0.717) is 17.1 Å². The van der Waals surface area contributed by atoms with Gasteiger partial charge in [0.05, 0.1) is 6.26 Å². The number of amides is 2. The number of furan rings is 1. The Labute approximate surface area is 113 Å². The lowest BCUT2D eigenvalue weighted by Gasteiger charge is -2.06. The number of nitrogens with one attached hydrogen (secondary N) is 2. The van der Waals surface area contributed by atoms with Gasteiger partial charge in [0.15, 0.2) is 17.3 Å². The molecule has 1 aliphatic rings. The lowest BCUT2D eigenvalue weighted by atomic mass is 10.2. The molecule has 3 rings (SSSR count). The summed E-state index contributed by atoms with van der Waals surface area (Å²) >= 11 is 0. The number of fused-ring (bicyclic) bond motifs is 1. The van der Waals surface area contributed by atoms with Crippen molar-refractivity contribution in [3.05, 3.63) is 47.9 Å². The molecule has 1 aromatic heterocycles. The van der Waals surface area contributed by atoms with Crippen LogP contribution >= 0.6 is 0 Å². The molecule has 1 aliphatic heterocycles. The summed E-state index contributed by atoms with van der Waals surface area (Å²) in [5.74, 6) is 0.180. The van der Waals surface area contributed by atoms with Gasteiger partial charge in [-0.25, -0.2) is 0 Å². The second-order valence-corrected chi connectivity index (χ2v) is 3.95. The minimum Gasteiger partial charge on any atom is -0.459 e. The topological polar surface area (TPSA) is 89.8 Å². The molecule has 7 heteroatoms. The Morgan fingerprint density at radius 3 is 2.60 bits per heavy atom. The van der Waals surface area contributed by atoms with Crippen molar-refractivity contribution in [1.82, 2.24) is 10.9 Å². The zero-order valence-corrected chi connectivity index (χ0v) is 10.2. The minimum absolute atomic E-state index is 0.107. The number of carbonyl (C=O) groups is 2. The third-order valence-electron chi connectivity index (χ3n) is 2.67. The fraction of sp³-hybridized carbons (Fsp3) is 0.0769. The summed E-state index contributed by atoms with van der Waals surface area (Å²) < 4.78 is 15.2. The van der Waals surface area contributed by atoms with Crippen LogP contribution < -0.4 is 20.3 Å². The normalized spacial score (nSPS) is 12.0. The van der Waals surface area contributed by atoms with E-state index >= 15 is 0 Å². The Hall–Kier alpha value is -2.96. The number of hydrogen-bond acceptors (Lipinski definition) is 5. The predicted molar refractivity (Wildman–Crippen MR) is 66.2 cm³/mol. The van der Waals surface area contributed by atoms with Crippen molar-refractivity contribution in [2.45, 2.75) is 0 Å². The zero-order chi connectivity index (χ0) is 13.9. The van der Waals surface area contributed by atoms with Gasteiger partial charge in [-0.3, -0.25) is 20.4 Å². The SMILES string of the molecule is O=C(NNC(=O)c1ccco1)c1ccc2c(c1)OCO2. The zero-order valence-electron chi connectivity index (χ0n) is 10.2. The van der Waals surface area contributed by atoms with Crippen LogP contribution in [0.5, 0.6) is 11.5 Å². The molecule has 2 amide bonds. The van der Waals surface area contributed by atoms with Crippen LogP contribution in [0.15, 0.2) is 41.0 Å². The number of benzene rings is 1. The summed E-state index contributed by atoms with van der Waals surface area (Å²) in [5, 5.41) is 0. The first-order valence-corrected chi connectivity index (χ1v) is 5.78. The van der Waals surface area contributed by atoms with E-state index in [2.05, 4.69) is 10.9 Å². The van der Waals surface area contributed by atoms with Gasteiger partial charge < -0.3 is 13.9 Å². The van der Waals surface area contributed by atoms with E-state index < -0.39 is 11.8 Å². The van der Waals surface area contributed by atoms with Crippen LogP contribution in [-0.2, 0) is 0 Å². The van der Waals surface area contributed by atoms with Crippen LogP contribution in [-0.4, -0.2) is 18.6 Å². The molecule has 0 spiro atoms. The standard InChI is InChI=1S/C13H10N2O5/c16-12(14-15-13(17)10-2-1-5-18-10)8-3-4-9-11(6-8)20-7-19-9/h1-6H,7H2,(H,14,16)(H,15,17). The van der Waals surface area contributed by atoms with E-state index in [-0.39, 0.29) is 12.6 Å². The summed E-state index contributed by atoms with van der Waals surface area (Å²) in [4.78, 5) is 23.4. The van der Waals surface area contributed by atoms with Gasteiger partial charge in [0.1, 0.15) is 0 Å². The van der Waals surface area contributed by atoms with Crippen LogP contribution in [0.4, 0.5) is 0 Å². The molecular formula is C13H10N2O5. The van der Waals surface area contributed by atoms with E-state index in [4.69, 9.17) is 13.9 Å². The fourth-order valence-electron chi connectivity index (χ4n) is 1.69. The van der Waals surface area contributed by atoms with Crippen molar-refractivity contribution in [2.24, 2.45) is 0 Å². The third-order valence-corrected chi connectivity index (χ3v) is 2.67. The van der Waals surface area contributed by atoms with Crippen molar-refractivity contribution in [2.75, 3.05) is 6.79 Å². The summed E-state index contributed by atoms with van der Waals surface area (Å²) in [6.45, 7) is 0.135. The first-order valence-electron chi connectivity index (χ1n) is 5.78. The van der Waals surface area contributed by atoms with E-state index in [1.54, 1.807) is 18.2 Å². The van der Waals surface area contributed by atoms with Crippen LogP contribution in [0.3, 0.4) is 0 Å². The molecular weight excluding hydrogens is 264 g/mol. The molecule has 0 fully saturated rings. The molecule has 0 saturated heterocycles. The molecule has 20 heavy (non-hydrogen) atoms. The van der Waals surface area contributed by atoms with Crippen molar-refractivity contribution in [1.29, 1.82) is 0 Å². The average molecular weight is 274 g/mol. The van der Waals surface area contributed by atoms with Gasteiger partial charge in [0, 0.05) is 5.56 Å². The maximum Gasteiger partial charge on any atom is 0.305 e. The number of hydrazine groups is 1. The molecule has 2 heterocycles. The number of hydrogen-bond donors (Lipinski definition) is 2. The van der Waals surface area contributed by atoms with Gasteiger partial charge in [-0.15, -0.1) is 0 Å². The number of rotatable bonds is 2. The first-order chi connectivity index (χ1) is 9.74. The number of ether oxygens (including phenoxy) is 2. The number of carbonyl (C=O) groups excluding carboxylic acids is 2. The molecule has 0 atom stereocenters. The van der Waals surface area contributed by atoms with E-state index in [1.807, 2.05) is 0 Å². The summed E-state index contributed by atoms with van der Waals surface area (Å²) in [6.07, 6.45) is 1.37. The Kier molecular flexibility index (Phi) is 3.00. The Balaban J connectivity index is 1.63. The van der Waals surface area contributed by atoms with Crippen molar-refractivity contribution in [3.63, 3.8) is 0 Å². The van der Waals surface area contributed by atoms with Gasteiger partial charge in [-0.2, -0.15) is 0 Å². The molecule has 2 N–H and O–H groups in total. The molecule has 0 bridgehead atoms. The van der Waals surface area contributed by atoms with E-state index in [1.165, 1.54) is 18.4 Å². The summed E-state index contributed by atoms with van der Waals surface area (Å²) in [6, 6.07) is 7.81. The Morgan fingerprint density at radius 2 is 1.80 bits per heavy atom. The third kappa shape index (κ3) is 2.28. The largest absolute Gasteiger partial charge is 0.459 e. The molecule has 7 nitrogen and oxygen atoms in total. The lowest BCUT2D eigenvalue weighted by molar-refractivity contribution is 0.0831. The predicted octanol–water partition coefficient (Wildman–Crippen LogP) is 1.08. The molecule has 1 aromatic carbocycles. The van der Waals surface area contributed by atoms with Crippen LogP contribution in [0.2, 0.25) is 0 Å². The first kappa shape index (κ1) is 12.1. The van der Waals surface area contributed by atoms with Crippen LogP contribution in [0.25, 0.3) is 0 Å². The average Bonchev–Trinajstić information content (AvgIpc) is 3.13. The minimum atomic E-state index is -0.538. The highest BCUT2D eigenvalue weighted by Crippen LogP contribution is 2.32. The summed E-state index contributed by atoms with van der Waals surface area (Å²) in [5.41, 5.74) is 4.87. The molecule has 0 unspecified atom stereocenters. The Bertz CT molecular complexity index is 651. The van der Waals surface area contributed by atoms with Crippen LogP contribution in [0.1, 0.15) is 20.9 Å². The van der Waals surface area contributed by atoms with Gasteiger partial charge in [-0.1, -0.05) is 0 Å². The second kappa shape index (κ2) is 4.96. The van der Waals surface area contributed by atoms with E-state index in [9.17, 15) is 9.59 Å².